The standard InChI is InChI=1S/C9H18N2OS2/c1-7-8(14-6-5-13-7)9(10)11-3-4-12-2/h7-8H,3-6H2,1-2H3,(H2,10,11). The summed E-state index contributed by atoms with van der Waals surface area (Å²) >= 11 is 3.90. The maximum atomic E-state index is 5.94. The summed E-state index contributed by atoms with van der Waals surface area (Å²) in [6.45, 7) is 3.55. The van der Waals surface area contributed by atoms with E-state index < -0.39 is 0 Å². The Balaban J connectivity index is 2.40. The second-order valence-electron chi connectivity index (χ2n) is 3.17. The quantitative estimate of drug-likeness (QED) is 0.451. The first-order valence-electron chi connectivity index (χ1n) is 4.77. The molecule has 0 radical (unpaired) electrons. The minimum atomic E-state index is 0.394. The van der Waals surface area contributed by atoms with Gasteiger partial charge < -0.3 is 10.5 Å². The molecule has 2 atom stereocenters. The normalized spacial score (nSPS) is 29.1. The third-order valence-electron chi connectivity index (χ3n) is 2.07. The molecule has 0 amide bonds. The number of methoxy groups -OCH3 is 1. The molecular weight excluding hydrogens is 216 g/mol. The summed E-state index contributed by atoms with van der Waals surface area (Å²) in [6, 6.07) is 0. The summed E-state index contributed by atoms with van der Waals surface area (Å²) in [5.41, 5.74) is 5.94. The molecule has 0 aromatic rings. The van der Waals surface area contributed by atoms with Crippen molar-refractivity contribution >= 4 is 29.4 Å². The predicted molar refractivity (Wildman–Crippen MR) is 66.5 cm³/mol. The van der Waals surface area contributed by atoms with E-state index in [2.05, 4.69) is 11.9 Å². The van der Waals surface area contributed by atoms with E-state index in [-0.39, 0.29) is 0 Å². The maximum Gasteiger partial charge on any atom is 0.108 e. The van der Waals surface area contributed by atoms with Gasteiger partial charge in [0.25, 0.3) is 0 Å². The summed E-state index contributed by atoms with van der Waals surface area (Å²) in [4.78, 5) is 4.32. The molecule has 0 saturated carbocycles. The molecule has 1 heterocycles. The van der Waals surface area contributed by atoms with Crippen LogP contribution < -0.4 is 5.73 Å². The average Bonchev–Trinajstić information content (AvgIpc) is 2.18. The lowest BCUT2D eigenvalue weighted by atomic mass is 10.3. The number of hydrogen-bond donors (Lipinski definition) is 1. The largest absolute Gasteiger partial charge is 0.387 e. The van der Waals surface area contributed by atoms with Crippen LogP contribution in [-0.2, 0) is 4.74 Å². The molecule has 0 spiro atoms. The highest BCUT2D eigenvalue weighted by molar-refractivity contribution is 8.07. The topological polar surface area (TPSA) is 47.6 Å². The van der Waals surface area contributed by atoms with Crippen molar-refractivity contribution in [2.45, 2.75) is 17.4 Å². The highest BCUT2D eigenvalue weighted by Gasteiger charge is 2.25. The fourth-order valence-corrected chi connectivity index (χ4v) is 4.01. The van der Waals surface area contributed by atoms with Crippen molar-refractivity contribution in [3.05, 3.63) is 0 Å². The van der Waals surface area contributed by atoms with Gasteiger partial charge in [-0.05, 0) is 0 Å². The summed E-state index contributed by atoms with van der Waals surface area (Å²) in [6.07, 6.45) is 0. The number of nitrogens with two attached hydrogens (primary N) is 1. The number of hydrogen-bond acceptors (Lipinski definition) is 4. The van der Waals surface area contributed by atoms with Gasteiger partial charge in [-0.3, -0.25) is 4.99 Å². The highest BCUT2D eigenvalue weighted by atomic mass is 32.2. The van der Waals surface area contributed by atoms with Gasteiger partial charge in [0.15, 0.2) is 0 Å². The number of rotatable bonds is 4. The summed E-state index contributed by atoms with van der Waals surface area (Å²) in [5, 5.41) is 0.977. The maximum absolute atomic E-state index is 5.94. The molecule has 2 N–H and O–H groups in total. The molecule has 0 bridgehead atoms. The van der Waals surface area contributed by atoms with Crippen LogP contribution in [-0.4, -0.2) is 48.1 Å². The van der Waals surface area contributed by atoms with E-state index in [1.807, 2.05) is 23.5 Å². The Kier molecular flexibility index (Phi) is 5.74. The molecule has 3 nitrogen and oxygen atoms in total. The van der Waals surface area contributed by atoms with Crippen molar-refractivity contribution < 1.29 is 4.74 Å². The second-order valence-corrected chi connectivity index (χ2v) is 5.90. The minimum absolute atomic E-state index is 0.394. The second kappa shape index (κ2) is 6.58. The molecule has 0 aromatic heterocycles. The van der Waals surface area contributed by atoms with Crippen LogP contribution in [0.3, 0.4) is 0 Å². The van der Waals surface area contributed by atoms with Crippen molar-refractivity contribution in [2.75, 3.05) is 31.8 Å². The van der Waals surface area contributed by atoms with Crippen LogP contribution in [0.4, 0.5) is 0 Å². The Morgan fingerprint density at radius 1 is 1.50 bits per heavy atom. The molecule has 0 aliphatic carbocycles. The first-order valence-corrected chi connectivity index (χ1v) is 6.87. The van der Waals surface area contributed by atoms with E-state index in [9.17, 15) is 0 Å². The SMILES string of the molecule is COCCN=C(N)C1SCCSC1C. The molecule has 1 aliphatic rings. The molecule has 1 saturated heterocycles. The van der Waals surface area contributed by atoms with Crippen molar-refractivity contribution in [1.82, 2.24) is 0 Å². The van der Waals surface area contributed by atoms with Crippen LogP contribution in [0.2, 0.25) is 0 Å². The molecule has 14 heavy (non-hydrogen) atoms. The van der Waals surface area contributed by atoms with Crippen LogP contribution >= 0.6 is 23.5 Å². The van der Waals surface area contributed by atoms with Crippen molar-refractivity contribution in [1.29, 1.82) is 0 Å². The first-order chi connectivity index (χ1) is 6.75. The van der Waals surface area contributed by atoms with Crippen LogP contribution in [0.1, 0.15) is 6.92 Å². The van der Waals surface area contributed by atoms with Crippen molar-refractivity contribution in [2.24, 2.45) is 10.7 Å². The molecule has 1 aliphatic heterocycles. The zero-order valence-electron chi connectivity index (χ0n) is 8.73. The van der Waals surface area contributed by atoms with E-state index in [1.165, 1.54) is 11.5 Å². The number of thioether (sulfide) groups is 2. The molecule has 1 fully saturated rings. The van der Waals surface area contributed by atoms with E-state index in [0.29, 0.717) is 23.7 Å². The monoisotopic (exact) mass is 234 g/mol. The van der Waals surface area contributed by atoms with Gasteiger partial charge in [0, 0.05) is 23.9 Å². The summed E-state index contributed by atoms with van der Waals surface area (Å²) < 4.78 is 4.93. The lowest BCUT2D eigenvalue weighted by Crippen LogP contribution is -2.36. The summed E-state index contributed by atoms with van der Waals surface area (Å²) in [7, 11) is 1.68. The highest BCUT2D eigenvalue weighted by Crippen LogP contribution is 2.30. The van der Waals surface area contributed by atoms with Crippen LogP contribution in [0.5, 0.6) is 0 Å². The van der Waals surface area contributed by atoms with E-state index in [4.69, 9.17) is 10.5 Å². The Labute approximate surface area is 94.2 Å². The molecule has 2 unspecified atom stereocenters. The number of aliphatic imine (C=N–C) groups is 1. The molecule has 5 heteroatoms. The molecule has 82 valence electrons. The lowest BCUT2D eigenvalue weighted by molar-refractivity contribution is 0.208. The van der Waals surface area contributed by atoms with Crippen LogP contribution in [0.25, 0.3) is 0 Å². The number of amidine groups is 1. The van der Waals surface area contributed by atoms with Crippen LogP contribution in [0, 0.1) is 0 Å². The van der Waals surface area contributed by atoms with Gasteiger partial charge in [0.2, 0.25) is 0 Å². The summed E-state index contributed by atoms with van der Waals surface area (Å²) in [5.74, 6) is 3.19. The Hall–Kier alpha value is 0.130. The van der Waals surface area contributed by atoms with E-state index in [0.717, 1.165) is 5.84 Å². The van der Waals surface area contributed by atoms with Gasteiger partial charge in [0.05, 0.1) is 18.4 Å². The first kappa shape index (κ1) is 12.2. The fraction of sp³-hybridized carbons (Fsp3) is 0.889. The smallest absolute Gasteiger partial charge is 0.108 e. The van der Waals surface area contributed by atoms with E-state index in [1.54, 1.807) is 7.11 Å². The van der Waals surface area contributed by atoms with Gasteiger partial charge in [0.1, 0.15) is 5.84 Å². The molecule has 1 rings (SSSR count). The van der Waals surface area contributed by atoms with Crippen molar-refractivity contribution in [3.63, 3.8) is 0 Å². The van der Waals surface area contributed by atoms with Crippen LogP contribution in [0.15, 0.2) is 4.99 Å². The zero-order chi connectivity index (χ0) is 10.4. The Morgan fingerprint density at radius 2 is 2.21 bits per heavy atom. The average molecular weight is 234 g/mol. The lowest BCUT2D eigenvalue weighted by Gasteiger charge is -2.27. The van der Waals surface area contributed by atoms with Gasteiger partial charge in [-0.1, -0.05) is 6.92 Å². The number of ether oxygens (including phenoxy) is 1. The van der Waals surface area contributed by atoms with Crippen molar-refractivity contribution in [3.8, 4) is 0 Å². The fourth-order valence-electron chi connectivity index (χ4n) is 1.31. The predicted octanol–water partition coefficient (Wildman–Crippen LogP) is 1.23. The van der Waals surface area contributed by atoms with E-state index >= 15 is 0 Å². The zero-order valence-corrected chi connectivity index (χ0v) is 10.4. The Bertz CT molecular complexity index is 199. The van der Waals surface area contributed by atoms with Gasteiger partial charge in [-0.15, -0.1) is 11.8 Å². The van der Waals surface area contributed by atoms with Gasteiger partial charge in [-0.2, -0.15) is 11.8 Å². The molecular formula is C9H18N2OS2. The molecule has 0 aromatic carbocycles. The minimum Gasteiger partial charge on any atom is -0.387 e. The van der Waals surface area contributed by atoms with Gasteiger partial charge in [-0.25, -0.2) is 0 Å². The number of nitrogens with zero attached hydrogens (tertiary/aromatic N) is 1. The van der Waals surface area contributed by atoms with Gasteiger partial charge >= 0.3 is 0 Å². The third kappa shape index (κ3) is 3.71. The Morgan fingerprint density at radius 3 is 2.86 bits per heavy atom. The third-order valence-corrected chi connectivity index (χ3v) is 5.19.